The van der Waals surface area contributed by atoms with Gasteiger partial charge < -0.3 is 0 Å². The molecule has 0 radical (unpaired) electrons. The van der Waals surface area contributed by atoms with Crippen molar-refractivity contribution in [3.63, 3.8) is 0 Å². The molecule has 2 aromatic carbocycles. The van der Waals surface area contributed by atoms with Crippen molar-refractivity contribution in [1.29, 1.82) is 0 Å². The van der Waals surface area contributed by atoms with Gasteiger partial charge in [-0.3, -0.25) is 0 Å². The van der Waals surface area contributed by atoms with Crippen LogP contribution in [-0.2, 0) is 23.9 Å². The minimum atomic E-state index is -4.72. The van der Waals surface area contributed by atoms with Crippen molar-refractivity contribution in [1.82, 2.24) is 40.4 Å². The van der Waals surface area contributed by atoms with Crippen molar-refractivity contribution in [2.75, 3.05) is 0 Å². The molecule has 2 heterocycles. The van der Waals surface area contributed by atoms with Crippen LogP contribution in [-0.4, -0.2) is 86.8 Å². The van der Waals surface area contributed by atoms with E-state index in [1.54, 1.807) is 0 Å². The molecule has 0 aliphatic heterocycles. The van der Waals surface area contributed by atoms with Crippen molar-refractivity contribution in [2.45, 2.75) is 20.1 Å². The van der Waals surface area contributed by atoms with E-state index in [4.69, 9.17) is 0 Å². The number of nitrogens with zero attached hydrogens (tertiary/aromatic N) is 8. The Morgan fingerprint density at radius 1 is 0.719 bits per heavy atom. The molecule has 0 unspecified atom stereocenters. The van der Waals surface area contributed by atoms with E-state index in [9.17, 15) is 16.8 Å². The van der Waals surface area contributed by atoms with E-state index in [-0.39, 0.29) is 51.2 Å². The fraction of sp³-hybridized carbons (Fsp3) is 0. The van der Waals surface area contributed by atoms with Crippen LogP contribution in [0.5, 0.6) is 0 Å². The SMILES string of the molecule is O=S(=O)(OS(=O)(=O)c1cccc(-n2nnnc2S)c1)c1cccc(-n2nnnc2S)c1.[NaH]. The van der Waals surface area contributed by atoms with Crippen molar-refractivity contribution < 1.29 is 20.5 Å². The van der Waals surface area contributed by atoms with Gasteiger partial charge in [-0.05, 0) is 57.3 Å². The van der Waals surface area contributed by atoms with Crippen molar-refractivity contribution in [3.8, 4) is 11.4 Å². The molecular weight excluding hydrogens is 511 g/mol. The molecule has 18 heteroatoms. The Kier molecular flexibility index (Phi) is 7.40. The number of hydrogen-bond donors (Lipinski definition) is 2. The first-order valence-corrected chi connectivity index (χ1v) is 11.8. The van der Waals surface area contributed by atoms with E-state index >= 15 is 0 Å². The maximum absolute atomic E-state index is 12.7. The summed E-state index contributed by atoms with van der Waals surface area (Å²) in [7, 11) is -9.45. The zero-order valence-corrected chi connectivity index (χ0v) is 18.4. The van der Waals surface area contributed by atoms with Gasteiger partial charge in [0.15, 0.2) is 0 Å². The summed E-state index contributed by atoms with van der Waals surface area (Å²) in [6.45, 7) is 0. The van der Waals surface area contributed by atoms with Crippen LogP contribution >= 0.6 is 25.3 Å². The first kappa shape index (κ1) is 24.8. The number of thiol groups is 2. The van der Waals surface area contributed by atoms with Gasteiger partial charge in [0.1, 0.15) is 0 Å². The van der Waals surface area contributed by atoms with Gasteiger partial charge >= 0.3 is 49.8 Å². The molecule has 0 bridgehead atoms. The molecular formula is C14H11N8NaO5S4. The van der Waals surface area contributed by atoms with Gasteiger partial charge in [-0.25, -0.2) is 0 Å². The average molecular weight is 523 g/mol. The normalized spacial score (nSPS) is 11.8. The third-order valence-corrected chi connectivity index (χ3v) is 7.44. The topological polar surface area (TPSA) is 165 Å². The Hall–Kier alpha value is -1.86. The third-order valence-electron chi connectivity index (χ3n) is 3.79. The summed E-state index contributed by atoms with van der Waals surface area (Å²) >= 11 is 8.11. The van der Waals surface area contributed by atoms with Crippen molar-refractivity contribution in [2.24, 2.45) is 0 Å². The molecule has 0 fully saturated rings. The molecule has 4 rings (SSSR count). The van der Waals surface area contributed by atoms with Gasteiger partial charge in [0.2, 0.25) is 10.3 Å². The average Bonchev–Trinajstić information content (AvgIpc) is 3.35. The standard InChI is InChI=1S/C14H10N8O5S4.Na.H/c23-30(24,11-5-1-3-9(7-11)21-13(28)15-17-19-21)27-31(25,26)12-6-2-4-10(8-12)22-14(29)16-18-20-22;;/h1-8H,(H,15,19,28)(H,16,20,29);;. The number of benzene rings is 2. The molecule has 0 aliphatic carbocycles. The first-order valence-electron chi connectivity index (χ1n) is 8.04. The maximum atomic E-state index is 12.7. The van der Waals surface area contributed by atoms with Gasteiger partial charge in [0, 0.05) is 0 Å². The Balaban J connectivity index is 0.00000289. The second kappa shape index (κ2) is 9.56. The summed E-state index contributed by atoms with van der Waals surface area (Å²) in [5, 5.41) is 21.6. The van der Waals surface area contributed by atoms with Crippen LogP contribution in [0.2, 0.25) is 0 Å². The first-order chi connectivity index (χ1) is 14.7. The molecule has 0 saturated heterocycles. The van der Waals surface area contributed by atoms with Crippen LogP contribution in [0.15, 0.2) is 68.6 Å². The molecule has 0 spiro atoms. The van der Waals surface area contributed by atoms with E-state index in [1.807, 2.05) is 0 Å². The zero-order chi connectivity index (χ0) is 22.2. The molecule has 0 atom stereocenters. The summed E-state index contributed by atoms with van der Waals surface area (Å²) in [4.78, 5) is -0.850. The predicted molar refractivity (Wildman–Crippen MR) is 115 cm³/mol. The fourth-order valence-electron chi connectivity index (χ4n) is 2.44. The summed E-state index contributed by atoms with van der Waals surface area (Å²) < 4.78 is 57.6. The Labute approximate surface area is 214 Å². The van der Waals surface area contributed by atoms with Crippen molar-refractivity contribution >= 4 is 75.1 Å². The number of hydrogen-bond acceptors (Lipinski definition) is 13. The van der Waals surface area contributed by atoms with Crippen LogP contribution in [0.25, 0.3) is 11.4 Å². The van der Waals surface area contributed by atoms with Gasteiger partial charge in [-0.2, -0.15) is 26.2 Å². The molecule has 162 valence electrons. The third kappa shape index (κ3) is 5.04. The molecule has 13 nitrogen and oxygen atoms in total. The van der Waals surface area contributed by atoms with Gasteiger partial charge in [0.25, 0.3) is 0 Å². The molecule has 0 aliphatic rings. The monoisotopic (exact) mass is 522 g/mol. The number of aromatic nitrogens is 8. The van der Waals surface area contributed by atoms with E-state index in [2.05, 4.69) is 59.9 Å². The predicted octanol–water partition coefficient (Wildman–Crippen LogP) is -0.339. The van der Waals surface area contributed by atoms with Crippen LogP contribution in [0, 0.1) is 0 Å². The quantitative estimate of drug-likeness (QED) is 0.251. The van der Waals surface area contributed by atoms with E-state index in [0.717, 1.165) is 21.5 Å². The summed E-state index contributed by atoms with van der Waals surface area (Å²) in [5.41, 5.74) is 0.470. The second-order valence-corrected chi connectivity index (χ2v) is 9.86. The molecule has 0 N–H and O–H groups in total. The van der Waals surface area contributed by atoms with Gasteiger partial charge in [-0.15, -0.1) is 39.1 Å². The molecule has 2 aromatic heterocycles. The van der Waals surface area contributed by atoms with Crippen LogP contribution < -0.4 is 0 Å². The Bertz CT molecular complexity index is 1380. The van der Waals surface area contributed by atoms with Crippen molar-refractivity contribution in [3.05, 3.63) is 48.5 Å². The summed E-state index contributed by atoms with van der Waals surface area (Å²) in [6, 6.07) is 10.4. The van der Waals surface area contributed by atoms with Gasteiger partial charge in [-0.1, -0.05) is 12.1 Å². The number of rotatable bonds is 6. The van der Waals surface area contributed by atoms with Crippen LogP contribution in [0.4, 0.5) is 0 Å². The van der Waals surface area contributed by atoms with E-state index in [1.165, 1.54) is 36.4 Å². The van der Waals surface area contributed by atoms with E-state index < -0.39 is 30.0 Å². The number of tetrazole rings is 2. The molecule has 4 aromatic rings. The Morgan fingerprint density at radius 3 is 1.47 bits per heavy atom. The zero-order valence-electron chi connectivity index (χ0n) is 14.9. The fourth-order valence-corrected chi connectivity index (χ4v) is 5.42. The van der Waals surface area contributed by atoms with Crippen LogP contribution in [0.3, 0.4) is 0 Å². The summed E-state index contributed by atoms with van der Waals surface area (Å²) in [6.07, 6.45) is 0. The Morgan fingerprint density at radius 2 is 1.12 bits per heavy atom. The molecule has 0 amide bonds. The van der Waals surface area contributed by atoms with Crippen LogP contribution in [0.1, 0.15) is 0 Å². The minimum absolute atomic E-state index is 0. The second-order valence-electron chi connectivity index (χ2n) is 5.75. The molecule has 0 saturated carbocycles. The van der Waals surface area contributed by atoms with E-state index in [0.29, 0.717) is 0 Å². The molecule has 32 heavy (non-hydrogen) atoms. The van der Waals surface area contributed by atoms with Gasteiger partial charge in [0.05, 0.1) is 21.2 Å². The summed E-state index contributed by atoms with van der Waals surface area (Å²) in [5.74, 6) is 0.